The van der Waals surface area contributed by atoms with Crippen molar-refractivity contribution in [3.05, 3.63) is 29.8 Å². The predicted molar refractivity (Wildman–Crippen MR) is 73.4 cm³/mol. The van der Waals surface area contributed by atoms with Crippen molar-refractivity contribution in [1.82, 2.24) is 4.90 Å². The lowest BCUT2D eigenvalue weighted by Gasteiger charge is -2.29. The molecule has 102 valence electrons. The van der Waals surface area contributed by atoms with E-state index in [0.717, 1.165) is 12.8 Å². The molecule has 0 spiro atoms. The molecule has 2 rings (SSSR count). The van der Waals surface area contributed by atoms with Crippen LogP contribution in [0.25, 0.3) is 6.08 Å². The third kappa shape index (κ3) is 3.48. The highest BCUT2D eigenvalue weighted by Crippen LogP contribution is 2.21. The number of hydrogen-bond donors (Lipinski definition) is 3. The van der Waals surface area contributed by atoms with Crippen LogP contribution in [0.3, 0.4) is 0 Å². The summed E-state index contributed by atoms with van der Waals surface area (Å²) in [5.74, 6) is -0.0856. The molecule has 1 aromatic rings. The van der Waals surface area contributed by atoms with Crippen LogP contribution in [0.4, 0.5) is 5.69 Å². The zero-order valence-corrected chi connectivity index (χ0v) is 10.6. The highest BCUT2D eigenvalue weighted by atomic mass is 16.3. The zero-order valence-electron chi connectivity index (χ0n) is 10.6. The molecule has 19 heavy (non-hydrogen) atoms. The molecule has 0 aromatic heterocycles. The van der Waals surface area contributed by atoms with Crippen molar-refractivity contribution in [2.75, 3.05) is 18.8 Å². The fourth-order valence-electron chi connectivity index (χ4n) is 2.13. The van der Waals surface area contributed by atoms with Gasteiger partial charge in [-0.3, -0.25) is 4.79 Å². The summed E-state index contributed by atoms with van der Waals surface area (Å²) in [6, 6.07) is 4.68. The third-order valence-electron chi connectivity index (χ3n) is 3.17. The number of β-amino-alcohol motifs (C(OH)–C–C–N with tert-alkyl or cyclic N) is 1. The summed E-state index contributed by atoms with van der Waals surface area (Å²) in [7, 11) is 0. The van der Waals surface area contributed by atoms with E-state index < -0.39 is 6.10 Å². The molecule has 5 nitrogen and oxygen atoms in total. The van der Waals surface area contributed by atoms with Gasteiger partial charge in [0, 0.05) is 30.4 Å². The smallest absolute Gasteiger partial charge is 0.246 e. The monoisotopic (exact) mass is 262 g/mol. The molecular weight excluding hydrogens is 244 g/mol. The van der Waals surface area contributed by atoms with Crippen molar-refractivity contribution in [3.63, 3.8) is 0 Å². The Morgan fingerprint density at radius 2 is 2.26 bits per heavy atom. The first-order valence-electron chi connectivity index (χ1n) is 6.30. The molecule has 1 fully saturated rings. The Morgan fingerprint density at radius 1 is 1.47 bits per heavy atom. The Kier molecular flexibility index (Phi) is 4.06. The molecular formula is C14H18N2O3. The van der Waals surface area contributed by atoms with Crippen LogP contribution in [0.5, 0.6) is 5.75 Å². The molecule has 1 atom stereocenters. The number of phenols is 1. The number of piperidine rings is 1. The number of carbonyl (C=O) groups is 1. The van der Waals surface area contributed by atoms with Crippen molar-refractivity contribution in [1.29, 1.82) is 0 Å². The number of aromatic hydroxyl groups is 1. The van der Waals surface area contributed by atoms with Crippen LogP contribution in [0.1, 0.15) is 18.4 Å². The molecule has 1 aliphatic heterocycles. The van der Waals surface area contributed by atoms with Gasteiger partial charge in [0.05, 0.1) is 6.10 Å². The zero-order chi connectivity index (χ0) is 13.8. The summed E-state index contributed by atoms with van der Waals surface area (Å²) in [5.41, 5.74) is 6.65. The lowest BCUT2D eigenvalue weighted by atomic mass is 10.1. The Morgan fingerprint density at radius 3 is 3.00 bits per heavy atom. The molecule has 0 saturated carbocycles. The number of rotatable bonds is 2. The third-order valence-corrected chi connectivity index (χ3v) is 3.17. The summed E-state index contributed by atoms with van der Waals surface area (Å²) in [5, 5.41) is 19.1. The van der Waals surface area contributed by atoms with Gasteiger partial charge in [0.2, 0.25) is 5.91 Å². The lowest BCUT2D eigenvalue weighted by molar-refractivity contribution is -0.128. The number of nitrogen functional groups attached to an aromatic ring is 1. The Hall–Kier alpha value is -2.01. The van der Waals surface area contributed by atoms with Gasteiger partial charge in [-0.2, -0.15) is 0 Å². The summed E-state index contributed by atoms with van der Waals surface area (Å²) >= 11 is 0. The Labute approximate surface area is 112 Å². The second kappa shape index (κ2) is 5.75. The van der Waals surface area contributed by atoms with Crippen molar-refractivity contribution >= 4 is 17.7 Å². The van der Waals surface area contributed by atoms with Gasteiger partial charge in [-0.25, -0.2) is 0 Å². The molecule has 1 unspecified atom stereocenters. The largest absolute Gasteiger partial charge is 0.507 e. The Bertz CT molecular complexity index is 499. The number of nitrogens with zero attached hydrogens (tertiary/aromatic N) is 1. The fraction of sp³-hybridized carbons (Fsp3) is 0.357. The molecule has 1 amide bonds. The molecule has 5 heteroatoms. The number of carbonyl (C=O) groups excluding carboxylic acids is 1. The van der Waals surface area contributed by atoms with Crippen molar-refractivity contribution in [3.8, 4) is 5.75 Å². The van der Waals surface area contributed by atoms with E-state index in [2.05, 4.69) is 0 Å². The van der Waals surface area contributed by atoms with E-state index in [0.29, 0.717) is 24.3 Å². The minimum atomic E-state index is -0.438. The molecule has 0 radical (unpaired) electrons. The summed E-state index contributed by atoms with van der Waals surface area (Å²) in [6.45, 7) is 1.02. The van der Waals surface area contributed by atoms with Gasteiger partial charge in [0.1, 0.15) is 5.75 Å². The molecule has 1 aromatic carbocycles. The van der Waals surface area contributed by atoms with E-state index in [1.807, 2.05) is 0 Å². The van der Waals surface area contributed by atoms with Crippen LogP contribution in [0.15, 0.2) is 24.3 Å². The Balaban J connectivity index is 2.05. The number of nitrogens with two attached hydrogens (primary N) is 1. The number of aliphatic hydroxyl groups is 1. The topological polar surface area (TPSA) is 86.8 Å². The summed E-state index contributed by atoms with van der Waals surface area (Å²) in [4.78, 5) is 13.5. The van der Waals surface area contributed by atoms with Gasteiger partial charge in [-0.15, -0.1) is 0 Å². The quantitative estimate of drug-likeness (QED) is 0.421. The number of anilines is 1. The predicted octanol–water partition coefficient (Wildman–Crippen LogP) is 0.971. The average Bonchev–Trinajstić information content (AvgIpc) is 2.39. The number of phenolic OH excluding ortho intramolecular Hbond substituents is 1. The standard InChI is InChI=1S/C14H18N2O3/c15-11-4-5-13(18)10(8-11)3-6-14(19)16-7-1-2-12(17)9-16/h3-6,8,12,17-18H,1-2,7,9,15H2. The number of amides is 1. The van der Waals surface area contributed by atoms with Gasteiger partial charge in [-0.1, -0.05) is 0 Å². The number of aliphatic hydroxyl groups excluding tert-OH is 1. The number of likely N-dealkylation sites (tertiary alicyclic amines) is 1. The maximum Gasteiger partial charge on any atom is 0.246 e. The van der Waals surface area contributed by atoms with Gasteiger partial charge in [0.25, 0.3) is 0 Å². The van der Waals surface area contributed by atoms with Crippen LogP contribution >= 0.6 is 0 Å². The van der Waals surface area contributed by atoms with Crippen molar-refractivity contribution in [2.24, 2.45) is 0 Å². The van der Waals surface area contributed by atoms with E-state index >= 15 is 0 Å². The lowest BCUT2D eigenvalue weighted by Crippen LogP contribution is -2.41. The summed E-state index contributed by atoms with van der Waals surface area (Å²) in [6.07, 6.45) is 4.04. The molecule has 0 aliphatic carbocycles. The first kappa shape index (κ1) is 13.4. The number of hydrogen-bond acceptors (Lipinski definition) is 4. The van der Waals surface area contributed by atoms with Crippen LogP contribution in [-0.2, 0) is 4.79 Å². The van der Waals surface area contributed by atoms with E-state index in [1.165, 1.54) is 18.2 Å². The second-order valence-electron chi connectivity index (χ2n) is 4.73. The highest BCUT2D eigenvalue weighted by molar-refractivity contribution is 5.92. The second-order valence-corrected chi connectivity index (χ2v) is 4.73. The first-order chi connectivity index (χ1) is 9.06. The number of benzene rings is 1. The maximum atomic E-state index is 11.9. The SMILES string of the molecule is Nc1ccc(O)c(C=CC(=O)N2CCCC(O)C2)c1. The molecule has 0 bridgehead atoms. The van der Waals surface area contributed by atoms with E-state index in [1.54, 1.807) is 17.0 Å². The molecule has 1 heterocycles. The van der Waals surface area contributed by atoms with Crippen molar-refractivity contribution in [2.45, 2.75) is 18.9 Å². The van der Waals surface area contributed by atoms with E-state index in [4.69, 9.17) is 5.73 Å². The highest BCUT2D eigenvalue weighted by Gasteiger charge is 2.20. The van der Waals surface area contributed by atoms with Crippen LogP contribution in [0.2, 0.25) is 0 Å². The minimum Gasteiger partial charge on any atom is -0.507 e. The van der Waals surface area contributed by atoms with Gasteiger partial charge in [0.15, 0.2) is 0 Å². The van der Waals surface area contributed by atoms with Crippen LogP contribution in [0, 0.1) is 0 Å². The van der Waals surface area contributed by atoms with E-state index in [9.17, 15) is 15.0 Å². The fourth-order valence-corrected chi connectivity index (χ4v) is 2.13. The average molecular weight is 262 g/mol. The molecule has 4 N–H and O–H groups in total. The van der Waals surface area contributed by atoms with Gasteiger partial charge >= 0.3 is 0 Å². The minimum absolute atomic E-state index is 0.0805. The molecule has 1 aliphatic rings. The van der Waals surface area contributed by atoms with Gasteiger partial charge in [-0.05, 0) is 37.1 Å². The van der Waals surface area contributed by atoms with Crippen LogP contribution < -0.4 is 5.73 Å². The van der Waals surface area contributed by atoms with E-state index in [-0.39, 0.29) is 11.7 Å². The maximum absolute atomic E-state index is 11.9. The normalized spacial score (nSPS) is 19.8. The first-order valence-corrected chi connectivity index (χ1v) is 6.30. The van der Waals surface area contributed by atoms with Crippen molar-refractivity contribution < 1.29 is 15.0 Å². The van der Waals surface area contributed by atoms with Crippen LogP contribution in [-0.4, -0.2) is 40.2 Å². The molecule has 1 saturated heterocycles. The summed E-state index contributed by atoms with van der Waals surface area (Å²) < 4.78 is 0. The van der Waals surface area contributed by atoms with Gasteiger partial charge < -0.3 is 20.8 Å².